The molecule has 0 saturated carbocycles. The molecule has 0 aliphatic carbocycles. The second-order valence-electron chi connectivity index (χ2n) is 6.98. The fourth-order valence-electron chi connectivity index (χ4n) is 3.29. The van der Waals surface area contributed by atoms with E-state index in [0.29, 0.717) is 18.1 Å². The van der Waals surface area contributed by atoms with E-state index < -0.39 is 10.0 Å². The minimum absolute atomic E-state index is 0.0399. The van der Waals surface area contributed by atoms with Gasteiger partial charge in [-0.05, 0) is 37.9 Å². The molecule has 1 atom stereocenters. The molecule has 0 spiro atoms. The largest absolute Gasteiger partial charge is 0.473 e. The van der Waals surface area contributed by atoms with Gasteiger partial charge in [0.05, 0.1) is 5.69 Å². The Morgan fingerprint density at radius 2 is 2.07 bits per heavy atom. The van der Waals surface area contributed by atoms with Gasteiger partial charge in [0, 0.05) is 37.6 Å². The fourth-order valence-corrected chi connectivity index (χ4v) is 4.16. The molecule has 3 rings (SSSR count). The molecule has 2 heterocycles. The highest BCUT2D eigenvalue weighted by Crippen LogP contribution is 2.29. The number of ether oxygens (including phenoxy) is 1. The van der Waals surface area contributed by atoms with Crippen LogP contribution in [0.1, 0.15) is 17.5 Å². The predicted octanol–water partition coefficient (Wildman–Crippen LogP) is 1.74. The van der Waals surface area contributed by atoms with Gasteiger partial charge in [-0.15, -0.1) is 0 Å². The third-order valence-corrected chi connectivity index (χ3v) is 6.01. The molecule has 0 amide bonds. The Labute approximate surface area is 176 Å². The van der Waals surface area contributed by atoms with E-state index in [4.69, 9.17) is 10.5 Å². The summed E-state index contributed by atoms with van der Waals surface area (Å²) in [6.45, 7) is 5.52. The van der Waals surface area contributed by atoms with Gasteiger partial charge in [-0.25, -0.2) is 18.1 Å². The Hall–Kier alpha value is -2.98. The summed E-state index contributed by atoms with van der Waals surface area (Å²) in [7, 11) is -2.55. The SMILES string of the molecule is CN=C/C(=C\N)S(=O)(=O)Nc1nc(OC2CCNC2)cc(-c2c(C)cccc2C)n1. The summed E-state index contributed by atoms with van der Waals surface area (Å²) in [4.78, 5) is 12.3. The molecule has 1 aromatic heterocycles. The minimum atomic E-state index is -4.01. The molecule has 160 valence electrons. The number of allylic oxidation sites excluding steroid dienone is 1. The van der Waals surface area contributed by atoms with Crippen molar-refractivity contribution in [2.24, 2.45) is 10.7 Å². The first-order valence-electron chi connectivity index (χ1n) is 9.54. The molecule has 9 nitrogen and oxygen atoms in total. The summed E-state index contributed by atoms with van der Waals surface area (Å²) in [6.07, 6.45) is 2.92. The number of sulfonamides is 1. The number of nitrogens with zero attached hydrogens (tertiary/aromatic N) is 3. The Kier molecular flexibility index (Phi) is 6.68. The summed E-state index contributed by atoms with van der Waals surface area (Å²) in [5.41, 5.74) is 8.95. The maximum atomic E-state index is 12.7. The summed E-state index contributed by atoms with van der Waals surface area (Å²) in [5.74, 6) is 0.205. The molecular formula is C20H26N6O3S. The molecule has 30 heavy (non-hydrogen) atoms. The second kappa shape index (κ2) is 9.23. The standard InChI is InChI=1S/C20H26N6O3S/c1-13-5-4-6-14(2)19(13)17-9-18(29-15-7-8-23-11-15)25-20(24-17)26-30(27,28)16(10-21)12-22-3/h4-6,9-10,12,15,23H,7-8,11,21H2,1-3H3,(H,24,25,26)/b16-10+,22-12?. The first kappa shape index (κ1) is 21.7. The van der Waals surface area contributed by atoms with Crippen molar-refractivity contribution in [3.8, 4) is 17.1 Å². The van der Waals surface area contributed by atoms with Gasteiger partial charge in [0.25, 0.3) is 10.0 Å². The van der Waals surface area contributed by atoms with E-state index in [0.717, 1.165) is 42.1 Å². The summed E-state index contributed by atoms with van der Waals surface area (Å²) < 4.78 is 33.7. The first-order chi connectivity index (χ1) is 14.3. The van der Waals surface area contributed by atoms with Crippen LogP contribution in [0.4, 0.5) is 5.95 Å². The predicted molar refractivity (Wildman–Crippen MR) is 118 cm³/mol. The van der Waals surface area contributed by atoms with Crippen molar-refractivity contribution >= 4 is 22.2 Å². The van der Waals surface area contributed by atoms with Gasteiger partial charge in [0.15, 0.2) is 0 Å². The molecule has 1 unspecified atom stereocenters. The average Bonchev–Trinajstić information content (AvgIpc) is 3.18. The van der Waals surface area contributed by atoms with Crippen LogP contribution in [-0.4, -0.2) is 50.8 Å². The molecule has 10 heteroatoms. The highest BCUT2D eigenvalue weighted by molar-refractivity contribution is 7.97. The van der Waals surface area contributed by atoms with Gasteiger partial charge in [0.1, 0.15) is 11.0 Å². The van der Waals surface area contributed by atoms with Gasteiger partial charge < -0.3 is 15.8 Å². The third kappa shape index (κ3) is 4.95. The lowest BCUT2D eigenvalue weighted by Crippen LogP contribution is -2.22. The van der Waals surface area contributed by atoms with Crippen LogP contribution in [0.15, 0.2) is 40.4 Å². The second-order valence-corrected chi connectivity index (χ2v) is 8.66. The lowest BCUT2D eigenvalue weighted by molar-refractivity contribution is 0.214. The van der Waals surface area contributed by atoms with Crippen LogP contribution in [0.3, 0.4) is 0 Å². The van der Waals surface area contributed by atoms with Crippen molar-refractivity contribution in [3.05, 3.63) is 46.5 Å². The van der Waals surface area contributed by atoms with Crippen LogP contribution >= 0.6 is 0 Å². The van der Waals surface area contributed by atoms with E-state index >= 15 is 0 Å². The molecule has 2 aromatic rings. The molecule has 1 aromatic carbocycles. The number of hydrogen-bond donors (Lipinski definition) is 3. The smallest absolute Gasteiger partial charge is 0.267 e. The Morgan fingerprint density at radius 3 is 2.67 bits per heavy atom. The molecular weight excluding hydrogens is 404 g/mol. The highest BCUT2D eigenvalue weighted by Gasteiger charge is 2.22. The van der Waals surface area contributed by atoms with Crippen molar-refractivity contribution < 1.29 is 13.2 Å². The number of nitrogens with two attached hydrogens (primary N) is 1. The topological polar surface area (TPSA) is 132 Å². The third-order valence-electron chi connectivity index (χ3n) is 4.70. The van der Waals surface area contributed by atoms with E-state index in [2.05, 4.69) is 25.0 Å². The minimum Gasteiger partial charge on any atom is -0.473 e. The Bertz CT molecular complexity index is 1060. The van der Waals surface area contributed by atoms with Crippen LogP contribution in [0.5, 0.6) is 5.88 Å². The summed E-state index contributed by atoms with van der Waals surface area (Å²) >= 11 is 0. The van der Waals surface area contributed by atoms with Crippen molar-refractivity contribution in [1.29, 1.82) is 0 Å². The molecule has 0 radical (unpaired) electrons. The number of rotatable bonds is 7. The Morgan fingerprint density at radius 1 is 1.33 bits per heavy atom. The quantitative estimate of drug-likeness (QED) is 0.570. The van der Waals surface area contributed by atoms with Crippen LogP contribution in [0.2, 0.25) is 0 Å². The average molecular weight is 431 g/mol. The van der Waals surface area contributed by atoms with Crippen molar-refractivity contribution in [3.63, 3.8) is 0 Å². The van der Waals surface area contributed by atoms with Crippen LogP contribution in [0, 0.1) is 13.8 Å². The van der Waals surface area contributed by atoms with E-state index in [-0.39, 0.29) is 17.0 Å². The van der Waals surface area contributed by atoms with E-state index in [1.165, 1.54) is 7.05 Å². The number of nitrogens with one attached hydrogen (secondary N) is 2. The normalized spacial score (nSPS) is 17.4. The fraction of sp³-hybridized carbons (Fsp3) is 0.350. The van der Waals surface area contributed by atoms with Crippen LogP contribution < -0.4 is 20.5 Å². The van der Waals surface area contributed by atoms with Crippen molar-refractivity contribution in [2.45, 2.75) is 26.4 Å². The maximum Gasteiger partial charge on any atom is 0.267 e. The molecule has 4 N–H and O–H groups in total. The molecule has 1 aliphatic heterocycles. The number of aliphatic imine (C=N–C) groups is 1. The van der Waals surface area contributed by atoms with Gasteiger partial charge in [-0.3, -0.25) is 4.99 Å². The number of hydrogen-bond acceptors (Lipinski definition) is 8. The molecule has 1 fully saturated rings. The monoisotopic (exact) mass is 430 g/mol. The van der Waals surface area contributed by atoms with Crippen LogP contribution in [-0.2, 0) is 10.0 Å². The number of aryl methyl sites for hydroxylation is 2. The number of aromatic nitrogens is 2. The van der Waals surface area contributed by atoms with Gasteiger partial charge in [-0.2, -0.15) is 4.98 Å². The maximum absolute atomic E-state index is 12.7. The lowest BCUT2D eigenvalue weighted by atomic mass is 10.00. The molecule has 0 bridgehead atoms. The molecule has 1 saturated heterocycles. The molecule has 1 aliphatic rings. The zero-order chi connectivity index (χ0) is 21.7. The zero-order valence-corrected chi connectivity index (χ0v) is 18.0. The summed E-state index contributed by atoms with van der Waals surface area (Å²) in [6, 6.07) is 7.65. The Balaban J connectivity index is 2.05. The first-order valence-corrected chi connectivity index (χ1v) is 11.0. The van der Waals surface area contributed by atoms with Gasteiger partial charge in [0.2, 0.25) is 11.8 Å². The van der Waals surface area contributed by atoms with Crippen molar-refractivity contribution in [1.82, 2.24) is 15.3 Å². The number of benzene rings is 1. The van der Waals surface area contributed by atoms with Gasteiger partial charge >= 0.3 is 0 Å². The van der Waals surface area contributed by atoms with E-state index in [9.17, 15) is 8.42 Å². The zero-order valence-electron chi connectivity index (χ0n) is 17.2. The van der Waals surface area contributed by atoms with Crippen LogP contribution in [0.25, 0.3) is 11.3 Å². The number of anilines is 1. The van der Waals surface area contributed by atoms with E-state index in [1.807, 2.05) is 32.0 Å². The van der Waals surface area contributed by atoms with Crippen molar-refractivity contribution in [2.75, 3.05) is 24.9 Å². The highest BCUT2D eigenvalue weighted by atomic mass is 32.2. The lowest BCUT2D eigenvalue weighted by Gasteiger charge is -2.16. The summed E-state index contributed by atoms with van der Waals surface area (Å²) in [5, 5.41) is 3.23. The van der Waals surface area contributed by atoms with E-state index in [1.54, 1.807) is 6.07 Å². The van der Waals surface area contributed by atoms with Gasteiger partial charge in [-0.1, -0.05) is 18.2 Å².